The van der Waals surface area contributed by atoms with Crippen molar-refractivity contribution in [3.63, 3.8) is 0 Å². The van der Waals surface area contributed by atoms with Crippen LogP contribution >= 0.6 is 0 Å². The second-order valence-corrected chi connectivity index (χ2v) is 6.80. The minimum Gasteiger partial charge on any atom is -0.493 e. The molecule has 0 unspecified atom stereocenters. The number of amides is 1. The molecule has 0 spiro atoms. The lowest BCUT2D eigenvalue weighted by atomic mass is 10.0. The third-order valence-electron chi connectivity index (χ3n) is 5.11. The normalized spacial score (nSPS) is 18.1. The molecule has 1 saturated carbocycles. The molecule has 0 atom stereocenters. The molecule has 0 bridgehead atoms. The first-order valence-electron chi connectivity index (χ1n) is 8.99. The summed E-state index contributed by atoms with van der Waals surface area (Å²) < 4.78 is 16.1. The number of rotatable bonds is 7. The first-order chi connectivity index (χ1) is 12.2. The van der Waals surface area contributed by atoms with Crippen LogP contribution < -0.4 is 19.5 Å². The summed E-state index contributed by atoms with van der Waals surface area (Å²) in [6, 6.07) is 4.02. The highest BCUT2D eigenvalue weighted by atomic mass is 16.5. The van der Waals surface area contributed by atoms with E-state index in [0.29, 0.717) is 28.9 Å². The number of carbonyl (C=O) groups excluding carboxylic acids is 1. The van der Waals surface area contributed by atoms with Gasteiger partial charge >= 0.3 is 0 Å². The van der Waals surface area contributed by atoms with E-state index in [-0.39, 0.29) is 5.91 Å². The van der Waals surface area contributed by atoms with Gasteiger partial charge in [-0.1, -0.05) is 0 Å². The van der Waals surface area contributed by atoms with Crippen molar-refractivity contribution in [3.05, 3.63) is 17.7 Å². The van der Waals surface area contributed by atoms with Crippen molar-refractivity contribution in [2.45, 2.75) is 31.7 Å². The molecule has 0 aromatic heterocycles. The number of hydrogen-bond acceptors (Lipinski definition) is 5. The van der Waals surface area contributed by atoms with Crippen molar-refractivity contribution in [2.24, 2.45) is 5.92 Å². The molecule has 1 aromatic rings. The van der Waals surface area contributed by atoms with Gasteiger partial charge in [-0.15, -0.1) is 0 Å². The number of nitrogens with one attached hydrogen (secondary N) is 1. The van der Waals surface area contributed by atoms with E-state index >= 15 is 0 Å². The van der Waals surface area contributed by atoms with Gasteiger partial charge < -0.3 is 24.4 Å². The van der Waals surface area contributed by atoms with E-state index in [1.165, 1.54) is 12.8 Å². The molecule has 6 nitrogen and oxygen atoms in total. The lowest BCUT2D eigenvalue weighted by molar-refractivity contribution is 0.0701. The highest BCUT2D eigenvalue weighted by molar-refractivity contribution is 5.98. The zero-order chi connectivity index (χ0) is 17.8. The summed E-state index contributed by atoms with van der Waals surface area (Å²) in [4.78, 5) is 14.9. The zero-order valence-electron chi connectivity index (χ0n) is 15.3. The third kappa shape index (κ3) is 4.00. The van der Waals surface area contributed by atoms with E-state index < -0.39 is 0 Å². The molecular formula is C19H28N2O4. The standard InChI is InChI=1S/C19H28N2O4/c1-23-16-7-6-15(17(24-2)18(16)25-3)19(22)21-10-8-14(9-11-21)20-12-13-4-5-13/h6-7,13-14,20H,4-5,8-12H2,1-3H3. The topological polar surface area (TPSA) is 60.0 Å². The van der Waals surface area contributed by atoms with Gasteiger partial charge in [-0.2, -0.15) is 0 Å². The zero-order valence-corrected chi connectivity index (χ0v) is 15.3. The molecule has 1 saturated heterocycles. The van der Waals surface area contributed by atoms with E-state index in [1.807, 2.05) is 4.90 Å². The largest absolute Gasteiger partial charge is 0.493 e. The van der Waals surface area contributed by atoms with Crippen molar-refractivity contribution in [2.75, 3.05) is 41.0 Å². The fourth-order valence-electron chi connectivity index (χ4n) is 3.38. The summed E-state index contributed by atoms with van der Waals surface area (Å²) in [5.41, 5.74) is 0.518. The molecule has 3 rings (SSSR count). The van der Waals surface area contributed by atoms with Crippen LogP contribution in [0.5, 0.6) is 17.2 Å². The SMILES string of the molecule is COc1ccc(C(=O)N2CCC(NCC3CC3)CC2)c(OC)c1OC. The minimum atomic E-state index is -0.0153. The summed E-state index contributed by atoms with van der Waals surface area (Å²) in [5.74, 6) is 2.31. The Morgan fingerprint density at radius 2 is 1.72 bits per heavy atom. The Hall–Kier alpha value is -1.95. The highest BCUT2D eigenvalue weighted by Gasteiger charge is 2.29. The maximum atomic E-state index is 13.0. The van der Waals surface area contributed by atoms with Crippen LogP contribution in [-0.4, -0.2) is 57.8 Å². The lowest BCUT2D eigenvalue weighted by Gasteiger charge is -2.33. The van der Waals surface area contributed by atoms with Gasteiger partial charge in [0.1, 0.15) is 0 Å². The predicted molar refractivity (Wildman–Crippen MR) is 95.8 cm³/mol. The molecule has 1 heterocycles. The number of piperidine rings is 1. The number of methoxy groups -OCH3 is 3. The molecule has 1 aliphatic heterocycles. The van der Waals surface area contributed by atoms with Gasteiger partial charge in [0.25, 0.3) is 5.91 Å². The number of ether oxygens (including phenoxy) is 3. The van der Waals surface area contributed by atoms with E-state index in [9.17, 15) is 4.79 Å². The van der Waals surface area contributed by atoms with E-state index in [0.717, 1.165) is 38.4 Å². The van der Waals surface area contributed by atoms with E-state index in [4.69, 9.17) is 14.2 Å². The summed E-state index contributed by atoms with van der Waals surface area (Å²) >= 11 is 0. The smallest absolute Gasteiger partial charge is 0.257 e. The maximum absolute atomic E-state index is 13.0. The van der Waals surface area contributed by atoms with Gasteiger partial charge in [0.2, 0.25) is 5.75 Å². The second kappa shape index (κ2) is 7.95. The summed E-state index contributed by atoms with van der Waals surface area (Å²) in [7, 11) is 4.66. The molecule has 0 radical (unpaired) electrons. The van der Waals surface area contributed by atoms with Crippen LogP contribution in [0.15, 0.2) is 12.1 Å². The highest BCUT2D eigenvalue weighted by Crippen LogP contribution is 2.40. The van der Waals surface area contributed by atoms with Crippen LogP contribution in [-0.2, 0) is 0 Å². The van der Waals surface area contributed by atoms with Crippen LogP contribution in [0.2, 0.25) is 0 Å². The molecule has 25 heavy (non-hydrogen) atoms. The van der Waals surface area contributed by atoms with Crippen LogP contribution in [0.4, 0.5) is 0 Å². The fraction of sp³-hybridized carbons (Fsp3) is 0.632. The number of benzene rings is 1. The van der Waals surface area contributed by atoms with Crippen LogP contribution in [0.3, 0.4) is 0 Å². The summed E-state index contributed by atoms with van der Waals surface area (Å²) in [5, 5.41) is 3.64. The Labute approximate surface area is 149 Å². The average molecular weight is 348 g/mol. The van der Waals surface area contributed by atoms with Gasteiger partial charge in [0.15, 0.2) is 11.5 Å². The van der Waals surface area contributed by atoms with Crippen molar-refractivity contribution < 1.29 is 19.0 Å². The molecule has 2 aliphatic rings. The van der Waals surface area contributed by atoms with E-state index in [2.05, 4.69) is 5.32 Å². The number of likely N-dealkylation sites (tertiary alicyclic amines) is 1. The average Bonchev–Trinajstić information content (AvgIpc) is 3.49. The van der Waals surface area contributed by atoms with Crippen LogP contribution in [0, 0.1) is 5.92 Å². The molecule has 1 N–H and O–H groups in total. The Bertz CT molecular complexity index is 608. The molecular weight excluding hydrogens is 320 g/mol. The molecule has 2 fully saturated rings. The van der Waals surface area contributed by atoms with Crippen molar-refractivity contribution >= 4 is 5.91 Å². The predicted octanol–water partition coefficient (Wildman–Crippen LogP) is 2.32. The summed E-state index contributed by atoms with van der Waals surface area (Å²) in [6.07, 6.45) is 4.72. The van der Waals surface area contributed by atoms with Gasteiger partial charge in [-0.25, -0.2) is 0 Å². The second-order valence-electron chi connectivity index (χ2n) is 6.80. The van der Waals surface area contributed by atoms with Crippen LogP contribution in [0.1, 0.15) is 36.0 Å². The van der Waals surface area contributed by atoms with Crippen molar-refractivity contribution in [1.82, 2.24) is 10.2 Å². The minimum absolute atomic E-state index is 0.0153. The molecule has 6 heteroatoms. The Morgan fingerprint density at radius 3 is 2.28 bits per heavy atom. The van der Waals surface area contributed by atoms with Gasteiger partial charge in [0.05, 0.1) is 26.9 Å². The molecule has 1 amide bonds. The monoisotopic (exact) mass is 348 g/mol. The lowest BCUT2D eigenvalue weighted by Crippen LogP contribution is -2.45. The van der Waals surface area contributed by atoms with Crippen molar-refractivity contribution in [1.29, 1.82) is 0 Å². The van der Waals surface area contributed by atoms with Gasteiger partial charge in [-0.05, 0) is 50.3 Å². The third-order valence-corrected chi connectivity index (χ3v) is 5.11. The van der Waals surface area contributed by atoms with Crippen molar-refractivity contribution in [3.8, 4) is 17.2 Å². The first kappa shape index (κ1) is 17.9. The Morgan fingerprint density at radius 1 is 1.04 bits per heavy atom. The molecule has 138 valence electrons. The molecule has 1 aromatic carbocycles. The Balaban J connectivity index is 1.66. The summed E-state index contributed by atoms with van der Waals surface area (Å²) in [6.45, 7) is 2.65. The number of hydrogen-bond donors (Lipinski definition) is 1. The molecule has 1 aliphatic carbocycles. The fourth-order valence-corrected chi connectivity index (χ4v) is 3.38. The quantitative estimate of drug-likeness (QED) is 0.819. The van der Waals surface area contributed by atoms with Gasteiger partial charge in [0, 0.05) is 19.1 Å². The number of nitrogens with zero attached hydrogens (tertiary/aromatic N) is 1. The maximum Gasteiger partial charge on any atom is 0.257 e. The van der Waals surface area contributed by atoms with Crippen LogP contribution in [0.25, 0.3) is 0 Å². The first-order valence-corrected chi connectivity index (χ1v) is 8.99. The number of carbonyl (C=O) groups is 1. The van der Waals surface area contributed by atoms with E-state index in [1.54, 1.807) is 33.5 Å². The Kier molecular flexibility index (Phi) is 5.68. The van der Waals surface area contributed by atoms with Gasteiger partial charge in [-0.3, -0.25) is 4.79 Å².